The lowest BCUT2D eigenvalue weighted by atomic mass is 10.1. The van der Waals surface area contributed by atoms with E-state index in [2.05, 4.69) is 31.7 Å². The van der Waals surface area contributed by atoms with E-state index < -0.39 is 28.3 Å². The maximum absolute atomic E-state index is 14.3. The highest BCUT2D eigenvalue weighted by atomic mass is 79.9. The summed E-state index contributed by atoms with van der Waals surface area (Å²) in [5.74, 6) is -3.12. The number of carbonyl (C=O) groups is 1. The van der Waals surface area contributed by atoms with Gasteiger partial charge in [-0.2, -0.15) is 0 Å². The largest absolute Gasteiger partial charge is 0.336 e. The van der Waals surface area contributed by atoms with Gasteiger partial charge in [0.2, 0.25) is 0 Å². The van der Waals surface area contributed by atoms with E-state index in [0.717, 1.165) is 11.6 Å². The molecule has 5 nitrogen and oxygen atoms in total. The standard InChI is InChI=1S/C15H13BrClF2N3O2/c1-3-24-22-15(23)8-5-10(17)11(18)12(19)13(8)21-14-9(16)4-7(2)6-20-14/h4-6H,3H2,1-2H3,(H,20,21)(H,22,23). The van der Waals surface area contributed by atoms with E-state index in [0.29, 0.717) is 4.47 Å². The van der Waals surface area contributed by atoms with Gasteiger partial charge >= 0.3 is 0 Å². The molecule has 24 heavy (non-hydrogen) atoms. The zero-order valence-corrected chi connectivity index (χ0v) is 15.1. The molecule has 0 radical (unpaired) electrons. The lowest BCUT2D eigenvalue weighted by molar-refractivity contribution is 0.0365. The molecular weight excluding hydrogens is 408 g/mol. The Morgan fingerprint density at radius 3 is 2.71 bits per heavy atom. The third kappa shape index (κ3) is 4.00. The molecule has 0 spiro atoms. The Morgan fingerprint density at radius 1 is 1.38 bits per heavy atom. The number of hydroxylamine groups is 1. The van der Waals surface area contributed by atoms with Crippen LogP contribution in [-0.2, 0) is 4.84 Å². The van der Waals surface area contributed by atoms with E-state index in [1.165, 1.54) is 6.20 Å². The van der Waals surface area contributed by atoms with Crippen LogP contribution in [0.4, 0.5) is 20.3 Å². The average Bonchev–Trinajstić information content (AvgIpc) is 2.54. The highest BCUT2D eigenvalue weighted by Gasteiger charge is 2.23. The lowest BCUT2D eigenvalue weighted by Crippen LogP contribution is -2.25. The monoisotopic (exact) mass is 419 g/mol. The summed E-state index contributed by atoms with van der Waals surface area (Å²) in [6, 6.07) is 2.75. The summed E-state index contributed by atoms with van der Waals surface area (Å²) in [4.78, 5) is 21.0. The average molecular weight is 421 g/mol. The van der Waals surface area contributed by atoms with Crippen molar-refractivity contribution in [2.75, 3.05) is 11.9 Å². The van der Waals surface area contributed by atoms with Crippen LogP contribution in [0.1, 0.15) is 22.8 Å². The summed E-state index contributed by atoms with van der Waals surface area (Å²) in [5.41, 5.74) is 2.36. The molecule has 9 heteroatoms. The van der Waals surface area contributed by atoms with E-state index in [4.69, 9.17) is 16.4 Å². The molecule has 0 aliphatic rings. The molecule has 0 fully saturated rings. The SMILES string of the molecule is CCONC(=O)c1cc(Cl)c(F)c(F)c1Nc1ncc(C)cc1Br. The number of amides is 1. The van der Waals surface area contributed by atoms with Gasteiger partial charge in [-0.1, -0.05) is 11.6 Å². The van der Waals surface area contributed by atoms with Gasteiger partial charge in [0.05, 0.1) is 27.4 Å². The van der Waals surface area contributed by atoms with E-state index >= 15 is 0 Å². The minimum Gasteiger partial charge on any atom is -0.336 e. The summed E-state index contributed by atoms with van der Waals surface area (Å²) in [6.07, 6.45) is 1.54. The molecular formula is C15H13BrClF2N3O2. The zero-order valence-electron chi connectivity index (χ0n) is 12.7. The Balaban J connectivity index is 2.50. The van der Waals surface area contributed by atoms with Crippen molar-refractivity contribution in [2.24, 2.45) is 0 Å². The first-order valence-corrected chi connectivity index (χ1v) is 8.01. The predicted octanol–water partition coefficient (Wildman–Crippen LogP) is 4.51. The molecule has 1 heterocycles. The van der Waals surface area contributed by atoms with Gasteiger partial charge in [-0.05, 0) is 47.5 Å². The van der Waals surface area contributed by atoms with Crippen LogP contribution in [-0.4, -0.2) is 17.5 Å². The first-order chi connectivity index (χ1) is 11.3. The Hall–Kier alpha value is -1.77. The van der Waals surface area contributed by atoms with Gasteiger partial charge in [-0.25, -0.2) is 19.2 Å². The molecule has 0 saturated heterocycles. The van der Waals surface area contributed by atoms with Crippen LogP contribution in [0, 0.1) is 18.6 Å². The number of pyridine rings is 1. The summed E-state index contributed by atoms with van der Waals surface area (Å²) >= 11 is 8.91. The van der Waals surface area contributed by atoms with Gasteiger partial charge in [0.25, 0.3) is 5.91 Å². The van der Waals surface area contributed by atoms with Crippen molar-refractivity contribution in [3.63, 3.8) is 0 Å². The molecule has 0 atom stereocenters. The number of nitrogens with one attached hydrogen (secondary N) is 2. The van der Waals surface area contributed by atoms with Crippen molar-refractivity contribution in [1.29, 1.82) is 0 Å². The van der Waals surface area contributed by atoms with Crippen LogP contribution >= 0.6 is 27.5 Å². The maximum Gasteiger partial charge on any atom is 0.277 e. The van der Waals surface area contributed by atoms with E-state index in [1.54, 1.807) is 13.0 Å². The van der Waals surface area contributed by atoms with Crippen LogP contribution in [0.2, 0.25) is 5.02 Å². The zero-order chi connectivity index (χ0) is 17.9. The molecule has 1 aromatic heterocycles. The second-order valence-electron chi connectivity index (χ2n) is 4.74. The van der Waals surface area contributed by atoms with Gasteiger partial charge in [0.15, 0.2) is 11.6 Å². The van der Waals surface area contributed by atoms with Crippen LogP contribution in [0.5, 0.6) is 0 Å². The Kier molecular flexibility index (Phi) is 6.09. The van der Waals surface area contributed by atoms with Crippen molar-refractivity contribution in [3.05, 3.63) is 50.6 Å². The summed E-state index contributed by atoms with van der Waals surface area (Å²) in [5, 5.41) is 2.10. The lowest BCUT2D eigenvalue weighted by Gasteiger charge is -2.15. The molecule has 0 aliphatic carbocycles. The Labute approximate surface area is 150 Å². The molecule has 2 N–H and O–H groups in total. The summed E-state index contributed by atoms with van der Waals surface area (Å²) in [6.45, 7) is 3.69. The van der Waals surface area contributed by atoms with Gasteiger partial charge in [0, 0.05) is 6.20 Å². The smallest absolute Gasteiger partial charge is 0.277 e. The van der Waals surface area contributed by atoms with E-state index in [1.807, 2.05) is 6.92 Å². The molecule has 2 aromatic rings. The number of anilines is 2. The van der Waals surface area contributed by atoms with E-state index in [9.17, 15) is 13.6 Å². The number of aryl methyl sites for hydroxylation is 1. The quantitative estimate of drug-likeness (QED) is 0.552. The number of halogens is 4. The van der Waals surface area contributed by atoms with Gasteiger partial charge in [-0.15, -0.1) is 0 Å². The number of rotatable bonds is 5. The van der Waals surface area contributed by atoms with Crippen LogP contribution in [0.15, 0.2) is 22.8 Å². The van der Waals surface area contributed by atoms with Crippen molar-refractivity contribution >= 4 is 44.9 Å². The molecule has 0 unspecified atom stereocenters. The number of carbonyl (C=O) groups excluding carboxylic acids is 1. The minimum absolute atomic E-state index is 0.205. The third-order valence-electron chi connectivity index (χ3n) is 2.94. The number of aromatic nitrogens is 1. The molecule has 0 saturated carbocycles. The number of nitrogens with zero attached hydrogens (tertiary/aromatic N) is 1. The Bertz CT molecular complexity index is 790. The number of hydrogen-bond acceptors (Lipinski definition) is 4. The molecule has 1 amide bonds. The summed E-state index contributed by atoms with van der Waals surface area (Å²) < 4.78 is 28.7. The second-order valence-corrected chi connectivity index (χ2v) is 6.00. The van der Waals surface area contributed by atoms with Crippen LogP contribution in [0.25, 0.3) is 0 Å². The molecule has 2 rings (SSSR count). The third-order valence-corrected chi connectivity index (χ3v) is 3.82. The molecule has 0 bridgehead atoms. The van der Waals surface area contributed by atoms with Gasteiger partial charge in [-0.3, -0.25) is 9.63 Å². The molecule has 128 valence electrons. The number of benzene rings is 1. The maximum atomic E-state index is 14.3. The van der Waals surface area contributed by atoms with Gasteiger partial charge in [0.1, 0.15) is 5.82 Å². The fourth-order valence-corrected chi connectivity index (χ4v) is 2.59. The minimum atomic E-state index is -1.29. The second kappa shape index (κ2) is 7.87. The highest BCUT2D eigenvalue weighted by Crippen LogP contribution is 2.32. The predicted molar refractivity (Wildman–Crippen MR) is 90.4 cm³/mol. The van der Waals surface area contributed by atoms with Crippen LogP contribution < -0.4 is 10.8 Å². The van der Waals surface area contributed by atoms with Crippen molar-refractivity contribution in [1.82, 2.24) is 10.5 Å². The topological polar surface area (TPSA) is 63.2 Å². The molecule has 0 aliphatic heterocycles. The fourth-order valence-electron chi connectivity index (χ4n) is 1.83. The van der Waals surface area contributed by atoms with Crippen LogP contribution in [0.3, 0.4) is 0 Å². The van der Waals surface area contributed by atoms with E-state index in [-0.39, 0.29) is 18.0 Å². The van der Waals surface area contributed by atoms with Gasteiger partial charge < -0.3 is 5.32 Å². The first kappa shape index (κ1) is 18.6. The van der Waals surface area contributed by atoms with Crippen molar-refractivity contribution < 1.29 is 18.4 Å². The summed E-state index contributed by atoms with van der Waals surface area (Å²) in [7, 11) is 0. The normalized spacial score (nSPS) is 10.6. The van der Waals surface area contributed by atoms with Crippen molar-refractivity contribution in [3.8, 4) is 0 Å². The number of hydrogen-bond donors (Lipinski definition) is 2. The Morgan fingerprint density at radius 2 is 2.08 bits per heavy atom. The molecule has 1 aromatic carbocycles. The highest BCUT2D eigenvalue weighted by molar-refractivity contribution is 9.10. The van der Waals surface area contributed by atoms with Crippen molar-refractivity contribution in [2.45, 2.75) is 13.8 Å². The first-order valence-electron chi connectivity index (χ1n) is 6.84. The fraction of sp³-hybridized carbons (Fsp3) is 0.200.